The molecule has 7 heteroatoms. The van der Waals surface area contributed by atoms with Gasteiger partial charge in [-0.3, -0.25) is 0 Å². The summed E-state index contributed by atoms with van der Waals surface area (Å²) in [6.45, 7) is 0. The summed E-state index contributed by atoms with van der Waals surface area (Å²) in [6.07, 6.45) is -0.434. The summed E-state index contributed by atoms with van der Waals surface area (Å²) in [5.41, 5.74) is 4.27. The Hall–Kier alpha value is -1.32. The van der Waals surface area contributed by atoms with E-state index in [9.17, 15) is 17.6 Å². The molecule has 0 aliphatic heterocycles. The van der Waals surface area contributed by atoms with E-state index in [-0.39, 0.29) is 18.5 Å². The van der Waals surface area contributed by atoms with Crippen molar-refractivity contribution in [2.45, 2.75) is 12.5 Å². The highest BCUT2D eigenvalue weighted by molar-refractivity contribution is 5.85. The summed E-state index contributed by atoms with van der Waals surface area (Å²) in [4.78, 5) is 0. The molecule has 88 valence electrons. The molecule has 2 N–H and O–H groups in total. The maximum absolute atomic E-state index is 13.0. The van der Waals surface area contributed by atoms with Gasteiger partial charge in [0.05, 0.1) is 12.5 Å². The maximum Gasteiger partial charge on any atom is 0.166 e. The average molecular weight is 255 g/mol. The highest BCUT2D eigenvalue weighted by Crippen LogP contribution is 2.25. The molecule has 1 aromatic rings. The fourth-order valence-corrected chi connectivity index (χ4v) is 1.12. The highest BCUT2D eigenvalue weighted by atomic mass is 35.5. The maximum atomic E-state index is 13.0. The van der Waals surface area contributed by atoms with Crippen LogP contribution >= 0.6 is 12.4 Å². The Morgan fingerprint density at radius 1 is 1.19 bits per heavy atom. The van der Waals surface area contributed by atoms with Gasteiger partial charge in [-0.15, -0.1) is 12.4 Å². The van der Waals surface area contributed by atoms with E-state index in [4.69, 9.17) is 11.0 Å². The van der Waals surface area contributed by atoms with E-state index >= 15 is 0 Å². The van der Waals surface area contributed by atoms with Gasteiger partial charge in [-0.2, -0.15) is 5.26 Å². The average Bonchev–Trinajstić information content (AvgIpc) is 2.16. The Kier molecular flexibility index (Phi) is 5.21. The molecule has 1 aromatic carbocycles. The van der Waals surface area contributed by atoms with Crippen molar-refractivity contribution in [2.75, 3.05) is 0 Å². The van der Waals surface area contributed by atoms with Crippen molar-refractivity contribution in [3.63, 3.8) is 0 Å². The third-order valence-corrected chi connectivity index (χ3v) is 1.83. The van der Waals surface area contributed by atoms with Gasteiger partial charge in [-0.05, 0) is 0 Å². The second-order valence-electron chi connectivity index (χ2n) is 2.85. The number of nitrogens with zero attached hydrogens (tertiary/aromatic N) is 1. The van der Waals surface area contributed by atoms with Gasteiger partial charge in [-0.25, -0.2) is 17.6 Å². The van der Waals surface area contributed by atoms with E-state index in [0.29, 0.717) is 0 Å². The smallest absolute Gasteiger partial charge is 0.166 e. The third kappa shape index (κ3) is 2.62. The summed E-state index contributed by atoms with van der Waals surface area (Å²) in [5, 5.41) is 8.26. The number of benzene rings is 1. The van der Waals surface area contributed by atoms with Crippen LogP contribution in [0.5, 0.6) is 0 Å². The first kappa shape index (κ1) is 14.7. The van der Waals surface area contributed by atoms with Crippen LogP contribution < -0.4 is 5.73 Å². The van der Waals surface area contributed by atoms with E-state index in [0.717, 1.165) is 0 Å². The standard InChI is InChI=1S/C9H6F4N2.ClH/c10-4-3-5(11)9(13)7(8(4)12)6(15)1-2-14;/h3,6H,1,15H2;1H/t6-;/m0./s1. The minimum Gasteiger partial charge on any atom is -0.323 e. The van der Waals surface area contributed by atoms with Crippen molar-refractivity contribution in [3.05, 3.63) is 34.9 Å². The monoisotopic (exact) mass is 254 g/mol. The van der Waals surface area contributed by atoms with Crippen LogP contribution in [0.2, 0.25) is 0 Å². The summed E-state index contributed by atoms with van der Waals surface area (Å²) in [7, 11) is 0. The van der Waals surface area contributed by atoms with Crippen LogP contribution in [0.1, 0.15) is 18.0 Å². The van der Waals surface area contributed by atoms with Crippen molar-refractivity contribution in [3.8, 4) is 6.07 Å². The third-order valence-electron chi connectivity index (χ3n) is 1.83. The lowest BCUT2D eigenvalue weighted by atomic mass is 10.0. The molecular formula is C9H7ClF4N2. The van der Waals surface area contributed by atoms with Gasteiger partial charge >= 0.3 is 0 Å². The molecule has 0 aliphatic rings. The van der Waals surface area contributed by atoms with E-state index in [2.05, 4.69) is 0 Å². The van der Waals surface area contributed by atoms with E-state index in [1.165, 1.54) is 0 Å². The minimum atomic E-state index is -1.56. The quantitative estimate of drug-likeness (QED) is 0.651. The zero-order valence-electron chi connectivity index (χ0n) is 7.81. The number of halogens is 5. The van der Waals surface area contributed by atoms with Crippen LogP contribution in [0.15, 0.2) is 6.07 Å². The molecule has 0 spiro atoms. The molecule has 0 heterocycles. The van der Waals surface area contributed by atoms with E-state index in [1.807, 2.05) is 0 Å². The number of nitriles is 1. The van der Waals surface area contributed by atoms with Crippen molar-refractivity contribution >= 4 is 12.4 Å². The summed E-state index contributed by atoms with van der Waals surface area (Å²) in [5.74, 6) is -6.18. The van der Waals surface area contributed by atoms with Crippen molar-refractivity contribution in [1.29, 1.82) is 5.26 Å². The molecule has 0 aromatic heterocycles. The number of rotatable bonds is 2. The molecule has 0 fully saturated rings. The molecule has 0 bridgehead atoms. The molecule has 0 aliphatic carbocycles. The Bertz CT molecular complexity index is 404. The van der Waals surface area contributed by atoms with Gasteiger partial charge in [0, 0.05) is 17.7 Å². The largest absolute Gasteiger partial charge is 0.323 e. The first-order valence-electron chi connectivity index (χ1n) is 3.94. The predicted octanol–water partition coefficient (Wildman–Crippen LogP) is 2.58. The Labute approximate surface area is 95.1 Å². The lowest BCUT2D eigenvalue weighted by Crippen LogP contribution is -2.15. The lowest BCUT2D eigenvalue weighted by Gasteiger charge is -2.11. The molecule has 1 atom stereocenters. The molecule has 0 unspecified atom stereocenters. The summed E-state index contributed by atoms with van der Waals surface area (Å²) < 4.78 is 51.5. The van der Waals surface area contributed by atoms with Gasteiger partial charge in [0.15, 0.2) is 23.3 Å². The van der Waals surface area contributed by atoms with Gasteiger partial charge in [0.1, 0.15) is 0 Å². The van der Waals surface area contributed by atoms with Gasteiger partial charge in [0.2, 0.25) is 0 Å². The van der Waals surface area contributed by atoms with Crippen LogP contribution in [0, 0.1) is 34.6 Å². The van der Waals surface area contributed by atoms with Crippen molar-refractivity contribution < 1.29 is 17.6 Å². The lowest BCUT2D eigenvalue weighted by molar-refractivity contribution is 0.427. The molecule has 16 heavy (non-hydrogen) atoms. The second kappa shape index (κ2) is 5.68. The fraction of sp³-hybridized carbons (Fsp3) is 0.222. The van der Waals surface area contributed by atoms with Gasteiger partial charge in [-0.1, -0.05) is 0 Å². The molecular weight excluding hydrogens is 248 g/mol. The Morgan fingerprint density at radius 2 is 1.62 bits per heavy atom. The van der Waals surface area contributed by atoms with Crippen LogP contribution in [-0.2, 0) is 0 Å². The minimum absolute atomic E-state index is 0. The molecule has 2 nitrogen and oxygen atoms in total. The molecule has 1 rings (SSSR count). The van der Waals surface area contributed by atoms with E-state index in [1.54, 1.807) is 6.07 Å². The molecule has 0 saturated carbocycles. The van der Waals surface area contributed by atoms with Crippen molar-refractivity contribution in [2.24, 2.45) is 5.73 Å². The SMILES string of the molecule is Cl.N#CC[C@H](N)c1c(F)c(F)cc(F)c1F. The van der Waals surface area contributed by atoms with Crippen LogP contribution in [0.4, 0.5) is 17.6 Å². The van der Waals surface area contributed by atoms with Crippen LogP contribution in [0.25, 0.3) is 0 Å². The van der Waals surface area contributed by atoms with Crippen LogP contribution in [-0.4, -0.2) is 0 Å². The first-order valence-corrected chi connectivity index (χ1v) is 3.94. The number of nitrogens with two attached hydrogens (primary N) is 1. The van der Waals surface area contributed by atoms with E-state index < -0.39 is 41.3 Å². The number of hydrogen-bond acceptors (Lipinski definition) is 2. The predicted molar refractivity (Wildman–Crippen MR) is 50.7 cm³/mol. The Morgan fingerprint density at radius 3 is 2.00 bits per heavy atom. The molecule has 0 radical (unpaired) electrons. The topological polar surface area (TPSA) is 49.8 Å². The van der Waals surface area contributed by atoms with Crippen LogP contribution in [0.3, 0.4) is 0 Å². The van der Waals surface area contributed by atoms with Gasteiger partial charge < -0.3 is 5.73 Å². The summed E-state index contributed by atoms with van der Waals surface area (Å²) >= 11 is 0. The van der Waals surface area contributed by atoms with Gasteiger partial charge in [0.25, 0.3) is 0 Å². The number of hydrogen-bond donors (Lipinski definition) is 1. The zero-order chi connectivity index (χ0) is 11.6. The molecule has 0 saturated heterocycles. The Balaban J connectivity index is 0.00000225. The first-order chi connectivity index (χ1) is 6.99. The normalized spacial score (nSPS) is 11.5. The second-order valence-corrected chi connectivity index (χ2v) is 2.85. The highest BCUT2D eigenvalue weighted by Gasteiger charge is 2.23. The fourth-order valence-electron chi connectivity index (χ4n) is 1.12. The molecule has 0 amide bonds. The summed E-state index contributed by atoms with van der Waals surface area (Å²) in [6, 6.07) is 0.258. The zero-order valence-corrected chi connectivity index (χ0v) is 8.62. The van der Waals surface area contributed by atoms with Crippen molar-refractivity contribution in [1.82, 2.24) is 0 Å².